The van der Waals surface area contributed by atoms with Crippen LogP contribution in [0.4, 0.5) is 4.79 Å². The van der Waals surface area contributed by atoms with Gasteiger partial charge >= 0.3 is 6.09 Å². The summed E-state index contributed by atoms with van der Waals surface area (Å²) in [5.41, 5.74) is 13.9. The Kier molecular flexibility index (Phi) is 14.7. The maximum absolute atomic E-state index is 14.6. The Morgan fingerprint density at radius 1 is 0.735 bits per heavy atom. The highest BCUT2D eigenvalue weighted by molar-refractivity contribution is 6.11. The molecule has 3 aromatic carbocycles. The molecule has 0 aliphatic rings. The summed E-state index contributed by atoms with van der Waals surface area (Å²) >= 11 is 0. The number of hydrogen-bond acceptors (Lipinski definition) is 8. The minimum atomic E-state index is -1.33. The van der Waals surface area contributed by atoms with Gasteiger partial charge in [0.15, 0.2) is 0 Å². The highest BCUT2D eigenvalue weighted by atomic mass is 16.6. The summed E-state index contributed by atoms with van der Waals surface area (Å²) < 4.78 is 5.60. The standard InChI is InChI=1S/C39H52N4O6/c1-26(2)21-32(41)35(45)42-33(24-29-19-13-8-14-20-29)37(47)43(38(48)49-39(3,4)5)36(46)30(22-27-15-9-6-10-16-27)25-34(44)31(40)23-28-17-11-7-12-18-28/h6-20,26,30-34,44H,21-25,40-41H2,1-5H3,(H,42,45)/t30-,31+,32+,33+,34+/m1/s1. The molecule has 5 atom stereocenters. The Labute approximate surface area is 290 Å². The van der Waals surface area contributed by atoms with E-state index in [1.807, 2.05) is 80.6 Å². The zero-order valence-electron chi connectivity index (χ0n) is 29.3. The lowest BCUT2D eigenvalue weighted by molar-refractivity contribution is -0.149. The van der Waals surface area contributed by atoms with Gasteiger partial charge in [-0.2, -0.15) is 4.90 Å². The second-order valence-electron chi connectivity index (χ2n) is 14.0. The number of ether oxygens (including phenoxy) is 1. The van der Waals surface area contributed by atoms with Crippen molar-refractivity contribution in [3.63, 3.8) is 0 Å². The topological polar surface area (TPSA) is 165 Å². The van der Waals surface area contributed by atoms with E-state index < -0.39 is 59.6 Å². The predicted octanol–water partition coefficient (Wildman–Crippen LogP) is 4.56. The Morgan fingerprint density at radius 2 is 1.20 bits per heavy atom. The molecule has 10 heteroatoms. The van der Waals surface area contributed by atoms with Gasteiger partial charge in [0, 0.05) is 18.4 Å². The summed E-state index contributed by atoms with van der Waals surface area (Å²) in [7, 11) is 0. The molecule has 49 heavy (non-hydrogen) atoms. The third-order valence-electron chi connectivity index (χ3n) is 7.98. The number of aliphatic hydroxyl groups excluding tert-OH is 1. The Bertz CT molecular complexity index is 1490. The van der Waals surface area contributed by atoms with Crippen molar-refractivity contribution >= 4 is 23.8 Å². The molecule has 0 saturated carbocycles. The normalized spacial score (nSPS) is 14.6. The lowest BCUT2D eigenvalue weighted by Crippen LogP contribution is -2.58. The average Bonchev–Trinajstić information content (AvgIpc) is 3.04. The zero-order valence-corrected chi connectivity index (χ0v) is 29.3. The number of carbonyl (C=O) groups excluding carboxylic acids is 4. The highest BCUT2D eigenvalue weighted by Crippen LogP contribution is 2.23. The van der Waals surface area contributed by atoms with Gasteiger partial charge in [-0.15, -0.1) is 0 Å². The van der Waals surface area contributed by atoms with E-state index in [0.29, 0.717) is 23.3 Å². The van der Waals surface area contributed by atoms with Crippen LogP contribution in [0.1, 0.15) is 64.2 Å². The molecular weight excluding hydrogens is 620 g/mol. The first-order chi connectivity index (χ1) is 23.1. The number of imide groups is 3. The van der Waals surface area contributed by atoms with Gasteiger partial charge in [0.05, 0.1) is 12.1 Å². The van der Waals surface area contributed by atoms with Gasteiger partial charge in [0.2, 0.25) is 11.8 Å². The van der Waals surface area contributed by atoms with E-state index in [1.54, 1.807) is 45.0 Å². The maximum atomic E-state index is 14.6. The molecule has 3 aromatic rings. The van der Waals surface area contributed by atoms with Crippen LogP contribution in [0.5, 0.6) is 0 Å². The molecule has 0 saturated heterocycles. The molecule has 0 aliphatic carbocycles. The van der Waals surface area contributed by atoms with Crippen molar-refractivity contribution in [3.8, 4) is 0 Å². The highest BCUT2D eigenvalue weighted by Gasteiger charge is 2.41. The lowest BCUT2D eigenvalue weighted by Gasteiger charge is -2.32. The quantitative estimate of drug-likeness (QED) is 0.183. The third kappa shape index (κ3) is 12.9. The van der Waals surface area contributed by atoms with Gasteiger partial charge in [0.1, 0.15) is 11.6 Å². The molecule has 0 spiro atoms. The van der Waals surface area contributed by atoms with Crippen molar-refractivity contribution in [2.75, 3.05) is 0 Å². The van der Waals surface area contributed by atoms with Crippen LogP contribution in [0.25, 0.3) is 0 Å². The molecule has 0 aromatic heterocycles. The molecule has 6 N–H and O–H groups in total. The van der Waals surface area contributed by atoms with E-state index >= 15 is 0 Å². The van der Waals surface area contributed by atoms with Crippen LogP contribution in [0.3, 0.4) is 0 Å². The number of nitrogens with zero attached hydrogens (tertiary/aromatic N) is 1. The fourth-order valence-corrected chi connectivity index (χ4v) is 5.54. The minimum absolute atomic E-state index is 0.0136. The second kappa shape index (κ2) is 18.4. The summed E-state index contributed by atoms with van der Waals surface area (Å²) in [4.78, 5) is 56.6. The van der Waals surface area contributed by atoms with Gasteiger partial charge in [-0.25, -0.2) is 4.79 Å². The number of aliphatic hydroxyl groups is 1. The molecular formula is C39H52N4O6. The average molecular weight is 673 g/mol. The van der Waals surface area contributed by atoms with E-state index in [2.05, 4.69) is 5.32 Å². The van der Waals surface area contributed by atoms with E-state index in [0.717, 1.165) is 11.1 Å². The summed E-state index contributed by atoms with van der Waals surface area (Å²) in [5, 5.41) is 14.0. The second-order valence-corrected chi connectivity index (χ2v) is 14.0. The molecule has 0 radical (unpaired) electrons. The molecule has 264 valence electrons. The molecule has 0 fully saturated rings. The number of carbonyl (C=O) groups is 4. The zero-order chi connectivity index (χ0) is 36.1. The first kappa shape index (κ1) is 39.1. The smallest absolute Gasteiger partial charge is 0.424 e. The molecule has 4 amide bonds. The van der Waals surface area contributed by atoms with Crippen molar-refractivity contribution in [2.45, 2.75) is 96.6 Å². The van der Waals surface area contributed by atoms with Crippen LogP contribution < -0.4 is 16.8 Å². The number of benzene rings is 3. The maximum Gasteiger partial charge on any atom is 0.424 e. The van der Waals surface area contributed by atoms with Crippen molar-refractivity contribution in [2.24, 2.45) is 23.3 Å². The van der Waals surface area contributed by atoms with Crippen LogP contribution in [0.15, 0.2) is 91.0 Å². The Morgan fingerprint density at radius 3 is 1.67 bits per heavy atom. The van der Waals surface area contributed by atoms with Crippen molar-refractivity contribution in [1.82, 2.24) is 10.2 Å². The molecule has 3 rings (SSSR count). The third-order valence-corrected chi connectivity index (χ3v) is 7.98. The van der Waals surface area contributed by atoms with Crippen molar-refractivity contribution in [3.05, 3.63) is 108 Å². The first-order valence-electron chi connectivity index (χ1n) is 16.9. The summed E-state index contributed by atoms with van der Waals surface area (Å²) in [6.07, 6.45) is -1.65. The molecule has 0 heterocycles. The monoisotopic (exact) mass is 672 g/mol. The number of nitrogens with one attached hydrogen (secondary N) is 1. The summed E-state index contributed by atoms with van der Waals surface area (Å²) in [5.74, 6) is -3.35. The minimum Gasteiger partial charge on any atom is -0.443 e. The van der Waals surface area contributed by atoms with Crippen LogP contribution in [-0.2, 0) is 38.4 Å². The number of rotatable bonds is 15. The van der Waals surface area contributed by atoms with Crippen LogP contribution in [0.2, 0.25) is 0 Å². The largest absolute Gasteiger partial charge is 0.443 e. The summed E-state index contributed by atoms with van der Waals surface area (Å²) in [6.45, 7) is 8.73. The predicted molar refractivity (Wildman–Crippen MR) is 190 cm³/mol. The van der Waals surface area contributed by atoms with Gasteiger partial charge in [-0.1, -0.05) is 105 Å². The van der Waals surface area contributed by atoms with E-state index in [4.69, 9.17) is 16.2 Å². The molecule has 0 aliphatic heterocycles. The van der Waals surface area contributed by atoms with Gasteiger partial charge in [-0.05, 0) is 69.1 Å². The Hall–Kier alpha value is -4.38. The molecule has 0 bridgehead atoms. The summed E-state index contributed by atoms with van der Waals surface area (Å²) in [6, 6.07) is 24.5. The number of hydrogen-bond donors (Lipinski definition) is 4. The van der Waals surface area contributed by atoms with E-state index in [1.165, 1.54) is 0 Å². The van der Waals surface area contributed by atoms with Crippen LogP contribution in [-0.4, -0.2) is 63.7 Å². The van der Waals surface area contributed by atoms with Gasteiger partial charge in [0.25, 0.3) is 5.91 Å². The van der Waals surface area contributed by atoms with E-state index in [-0.39, 0.29) is 25.2 Å². The fourth-order valence-electron chi connectivity index (χ4n) is 5.54. The number of nitrogens with two attached hydrogens (primary N) is 2. The van der Waals surface area contributed by atoms with E-state index in [9.17, 15) is 24.3 Å². The van der Waals surface area contributed by atoms with Crippen LogP contribution >= 0.6 is 0 Å². The van der Waals surface area contributed by atoms with Crippen molar-refractivity contribution in [1.29, 1.82) is 0 Å². The molecule has 0 unspecified atom stereocenters. The van der Waals surface area contributed by atoms with Crippen LogP contribution in [0, 0.1) is 11.8 Å². The lowest BCUT2D eigenvalue weighted by atomic mass is 9.88. The van der Waals surface area contributed by atoms with Crippen molar-refractivity contribution < 1.29 is 29.0 Å². The Balaban J connectivity index is 2.02. The SMILES string of the molecule is CC(C)C[C@H](N)C(=O)N[C@@H](Cc1ccccc1)C(=O)N(C(=O)OC(C)(C)C)C(=O)[C@H](Cc1ccccc1)C[C@H](O)[C@@H](N)Cc1ccccc1. The fraction of sp³-hybridized carbons (Fsp3) is 0.436. The first-order valence-corrected chi connectivity index (χ1v) is 16.9. The van der Waals surface area contributed by atoms with Gasteiger partial charge in [-0.3, -0.25) is 14.4 Å². The molecule has 10 nitrogen and oxygen atoms in total. The van der Waals surface area contributed by atoms with Gasteiger partial charge < -0.3 is 26.6 Å². The number of amides is 4.